The summed E-state index contributed by atoms with van der Waals surface area (Å²) in [6.45, 7) is 1.85. The van der Waals surface area contributed by atoms with E-state index < -0.39 is 0 Å². The lowest BCUT2D eigenvalue weighted by Crippen LogP contribution is -2.19. The molecule has 0 amide bonds. The van der Waals surface area contributed by atoms with Crippen LogP contribution >= 0.6 is 15.9 Å². The lowest BCUT2D eigenvalue weighted by molar-refractivity contribution is 0.755. The summed E-state index contributed by atoms with van der Waals surface area (Å²) in [5.41, 5.74) is 1.20. The van der Waals surface area contributed by atoms with E-state index in [1.54, 1.807) is 0 Å². The molecule has 1 aliphatic rings. The molecule has 1 aliphatic heterocycles. The Balaban J connectivity index is 2.18. The minimum atomic E-state index is 0.196. The summed E-state index contributed by atoms with van der Waals surface area (Å²) in [6.07, 6.45) is 0.984. The molecule has 1 heterocycles. The Morgan fingerprint density at radius 3 is 2.86 bits per heavy atom. The molecular weight excluding hydrogens is 240 g/mol. The van der Waals surface area contributed by atoms with Crippen molar-refractivity contribution in [2.24, 2.45) is 5.92 Å². The number of nitrogens with zero attached hydrogens (tertiary/aromatic N) is 2. The highest BCUT2D eigenvalue weighted by Crippen LogP contribution is 2.29. The smallest absolute Gasteiger partial charge is 0.0675 e. The van der Waals surface area contributed by atoms with Gasteiger partial charge in [0.05, 0.1) is 17.7 Å². The largest absolute Gasteiger partial charge is 0.369 e. The van der Waals surface area contributed by atoms with Crippen LogP contribution in [-0.2, 0) is 0 Å². The molecular formula is C11H11BrN2. The quantitative estimate of drug-likeness (QED) is 0.767. The number of benzene rings is 1. The van der Waals surface area contributed by atoms with Crippen molar-refractivity contribution in [2.45, 2.75) is 6.42 Å². The topological polar surface area (TPSA) is 27.0 Å². The maximum Gasteiger partial charge on any atom is 0.0675 e. The second-order valence-electron chi connectivity index (χ2n) is 3.51. The molecule has 72 valence electrons. The lowest BCUT2D eigenvalue weighted by atomic mass is 10.1. The SMILES string of the molecule is N#CC1CCN(c2ccccc2Br)C1. The average Bonchev–Trinajstić information content (AvgIpc) is 2.67. The van der Waals surface area contributed by atoms with E-state index in [0.29, 0.717) is 0 Å². The Kier molecular flexibility index (Phi) is 2.74. The van der Waals surface area contributed by atoms with Gasteiger partial charge in [-0.2, -0.15) is 5.26 Å². The van der Waals surface area contributed by atoms with Crippen molar-refractivity contribution in [1.82, 2.24) is 0 Å². The summed E-state index contributed by atoms with van der Waals surface area (Å²) >= 11 is 3.52. The van der Waals surface area contributed by atoms with Gasteiger partial charge < -0.3 is 4.90 Å². The number of nitriles is 1. The Morgan fingerprint density at radius 1 is 1.43 bits per heavy atom. The predicted molar refractivity (Wildman–Crippen MR) is 60.1 cm³/mol. The van der Waals surface area contributed by atoms with E-state index in [0.717, 1.165) is 24.0 Å². The molecule has 0 aromatic heterocycles. The summed E-state index contributed by atoms with van der Waals surface area (Å²) in [5, 5.41) is 8.81. The summed E-state index contributed by atoms with van der Waals surface area (Å²) in [5.74, 6) is 0.196. The van der Waals surface area contributed by atoms with Crippen LogP contribution in [0.15, 0.2) is 28.7 Å². The number of rotatable bonds is 1. The van der Waals surface area contributed by atoms with Crippen molar-refractivity contribution in [2.75, 3.05) is 18.0 Å². The minimum Gasteiger partial charge on any atom is -0.369 e. The summed E-state index contributed by atoms with van der Waals surface area (Å²) in [7, 11) is 0. The van der Waals surface area contributed by atoms with Crippen LogP contribution in [0.3, 0.4) is 0 Å². The molecule has 0 saturated carbocycles. The van der Waals surface area contributed by atoms with Gasteiger partial charge >= 0.3 is 0 Å². The molecule has 3 heteroatoms. The van der Waals surface area contributed by atoms with Crippen molar-refractivity contribution in [3.63, 3.8) is 0 Å². The van der Waals surface area contributed by atoms with Crippen LogP contribution in [0.1, 0.15) is 6.42 Å². The number of halogens is 1. The van der Waals surface area contributed by atoms with Crippen molar-refractivity contribution < 1.29 is 0 Å². The van der Waals surface area contributed by atoms with Gasteiger partial charge in [0.1, 0.15) is 0 Å². The van der Waals surface area contributed by atoms with Crippen molar-refractivity contribution in [1.29, 1.82) is 5.26 Å². The molecule has 0 bridgehead atoms. The fraction of sp³-hybridized carbons (Fsp3) is 0.364. The van der Waals surface area contributed by atoms with Gasteiger partial charge in [-0.05, 0) is 34.5 Å². The Bertz CT molecular complexity index is 370. The summed E-state index contributed by atoms with van der Waals surface area (Å²) in [6, 6.07) is 10.5. The third-order valence-corrected chi connectivity index (χ3v) is 3.23. The molecule has 1 aromatic carbocycles. The van der Waals surface area contributed by atoms with E-state index in [9.17, 15) is 0 Å². The second-order valence-corrected chi connectivity index (χ2v) is 4.37. The molecule has 1 fully saturated rings. The second kappa shape index (κ2) is 4.02. The van der Waals surface area contributed by atoms with E-state index >= 15 is 0 Å². The van der Waals surface area contributed by atoms with Crippen LogP contribution in [0.25, 0.3) is 0 Å². The predicted octanol–water partition coefficient (Wildman–Crippen LogP) is 2.80. The van der Waals surface area contributed by atoms with Crippen LogP contribution in [0.5, 0.6) is 0 Å². The first-order valence-electron chi connectivity index (χ1n) is 4.70. The number of anilines is 1. The van der Waals surface area contributed by atoms with E-state index in [1.165, 1.54) is 5.69 Å². The molecule has 2 nitrogen and oxygen atoms in total. The molecule has 1 unspecified atom stereocenters. The summed E-state index contributed by atoms with van der Waals surface area (Å²) in [4.78, 5) is 2.26. The molecule has 1 saturated heterocycles. The van der Waals surface area contributed by atoms with Crippen LogP contribution in [0.2, 0.25) is 0 Å². The first-order chi connectivity index (χ1) is 6.81. The molecule has 0 spiro atoms. The number of hydrogen-bond acceptors (Lipinski definition) is 2. The zero-order chi connectivity index (χ0) is 9.97. The third kappa shape index (κ3) is 1.76. The van der Waals surface area contributed by atoms with Gasteiger partial charge in [-0.15, -0.1) is 0 Å². The van der Waals surface area contributed by atoms with Crippen molar-refractivity contribution in [3.8, 4) is 6.07 Å². The molecule has 0 aliphatic carbocycles. The summed E-state index contributed by atoms with van der Waals surface area (Å²) < 4.78 is 1.11. The van der Waals surface area contributed by atoms with E-state index in [4.69, 9.17) is 5.26 Å². The monoisotopic (exact) mass is 250 g/mol. The van der Waals surface area contributed by atoms with Crippen molar-refractivity contribution in [3.05, 3.63) is 28.7 Å². The fourth-order valence-corrected chi connectivity index (χ4v) is 2.33. The highest BCUT2D eigenvalue weighted by Gasteiger charge is 2.23. The highest BCUT2D eigenvalue weighted by molar-refractivity contribution is 9.10. The molecule has 0 N–H and O–H groups in total. The van der Waals surface area contributed by atoms with Gasteiger partial charge in [0.2, 0.25) is 0 Å². The van der Waals surface area contributed by atoms with Crippen LogP contribution < -0.4 is 4.90 Å². The van der Waals surface area contributed by atoms with Crippen LogP contribution in [0.4, 0.5) is 5.69 Å². The van der Waals surface area contributed by atoms with Gasteiger partial charge in [0.25, 0.3) is 0 Å². The average molecular weight is 251 g/mol. The number of para-hydroxylation sites is 1. The molecule has 2 rings (SSSR count). The first-order valence-corrected chi connectivity index (χ1v) is 5.49. The van der Waals surface area contributed by atoms with E-state index in [1.807, 2.05) is 18.2 Å². The standard InChI is InChI=1S/C11H11BrN2/c12-10-3-1-2-4-11(10)14-6-5-9(7-13)8-14/h1-4,9H,5-6,8H2. The zero-order valence-electron chi connectivity index (χ0n) is 7.78. The lowest BCUT2D eigenvalue weighted by Gasteiger charge is -2.18. The van der Waals surface area contributed by atoms with E-state index in [-0.39, 0.29) is 5.92 Å². The minimum absolute atomic E-state index is 0.196. The van der Waals surface area contributed by atoms with Gasteiger partial charge in [0, 0.05) is 17.6 Å². The van der Waals surface area contributed by atoms with Crippen LogP contribution in [-0.4, -0.2) is 13.1 Å². The fourth-order valence-electron chi connectivity index (χ4n) is 1.79. The van der Waals surface area contributed by atoms with Gasteiger partial charge in [0.15, 0.2) is 0 Å². The Labute approximate surface area is 92.3 Å². The third-order valence-electron chi connectivity index (χ3n) is 2.56. The Morgan fingerprint density at radius 2 is 2.21 bits per heavy atom. The first kappa shape index (κ1) is 9.54. The van der Waals surface area contributed by atoms with Crippen molar-refractivity contribution >= 4 is 21.6 Å². The van der Waals surface area contributed by atoms with Gasteiger partial charge in [-0.1, -0.05) is 12.1 Å². The normalized spacial score (nSPS) is 20.9. The molecule has 1 atom stereocenters. The number of hydrogen-bond donors (Lipinski definition) is 0. The Hall–Kier alpha value is -1.01. The zero-order valence-corrected chi connectivity index (χ0v) is 9.37. The molecule has 14 heavy (non-hydrogen) atoms. The maximum absolute atomic E-state index is 8.81. The van der Waals surface area contributed by atoms with Gasteiger partial charge in [-0.3, -0.25) is 0 Å². The van der Waals surface area contributed by atoms with E-state index in [2.05, 4.69) is 33.0 Å². The molecule has 1 aromatic rings. The highest BCUT2D eigenvalue weighted by atomic mass is 79.9. The molecule has 0 radical (unpaired) electrons. The van der Waals surface area contributed by atoms with Crippen LogP contribution in [0, 0.1) is 17.2 Å². The van der Waals surface area contributed by atoms with Gasteiger partial charge in [-0.25, -0.2) is 0 Å². The maximum atomic E-state index is 8.81.